The fraction of sp³-hybridized carbons (Fsp3) is 0.600. The maximum absolute atomic E-state index is 11.6. The molecular weight excluding hydrogens is 240 g/mol. The molecule has 1 amide bonds. The van der Waals surface area contributed by atoms with Gasteiger partial charge in [0.25, 0.3) is 5.56 Å². The molecule has 0 aromatic carbocycles. The van der Waals surface area contributed by atoms with E-state index in [0.29, 0.717) is 13.0 Å². The highest BCUT2D eigenvalue weighted by Gasteiger charge is 2.01. The summed E-state index contributed by atoms with van der Waals surface area (Å²) in [5.74, 6) is 0.134. The summed E-state index contributed by atoms with van der Waals surface area (Å²) in [5.41, 5.74) is 1.03. The lowest BCUT2D eigenvalue weighted by Crippen LogP contribution is -2.25. The normalized spacial score (nSPS) is 10.4. The number of carbonyl (C=O) groups excluding carboxylic acids is 1. The Balaban J connectivity index is 2.21. The SMILES string of the molecule is CCCCC(=O)NCCCCn1c(C)cccc1=O. The Morgan fingerprint density at radius 3 is 2.74 bits per heavy atom. The van der Waals surface area contributed by atoms with Gasteiger partial charge in [-0.05, 0) is 32.3 Å². The zero-order valence-electron chi connectivity index (χ0n) is 11.9. The maximum Gasteiger partial charge on any atom is 0.250 e. The molecule has 0 radical (unpaired) electrons. The second-order valence-electron chi connectivity index (χ2n) is 4.82. The second-order valence-corrected chi connectivity index (χ2v) is 4.82. The second kappa shape index (κ2) is 8.51. The maximum atomic E-state index is 11.6. The van der Waals surface area contributed by atoms with Gasteiger partial charge in [-0.2, -0.15) is 0 Å². The fourth-order valence-corrected chi connectivity index (χ4v) is 1.96. The minimum absolute atomic E-state index is 0.0481. The molecule has 1 N–H and O–H groups in total. The van der Waals surface area contributed by atoms with Crippen molar-refractivity contribution in [2.45, 2.75) is 52.5 Å². The van der Waals surface area contributed by atoms with Crippen molar-refractivity contribution in [1.82, 2.24) is 9.88 Å². The number of aromatic nitrogens is 1. The highest BCUT2D eigenvalue weighted by molar-refractivity contribution is 5.75. The van der Waals surface area contributed by atoms with Gasteiger partial charge in [0, 0.05) is 31.3 Å². The average molecular weight is 264 g/mol. The van der Waals surface area contributed by atoms with Gasteiger partial charge in [-0.1, -0.05) is 19.4 Å². The first-order valence-corrected chi connectivity index (χ1v) is 7.08. The summed E-state index contributed by atoms with van der Waals surface area (Å²) in [6.07, 6.45) is 4.42. The van der Waals surface area contributed by atoms with Gasteiger partial charge < -0.3 is 9.88 Å². The van der Waals surface area contributed by atoms with Gasteiger partial charge >= 0.3 is 0 Å². The molecule has 0 fully saturated rings. The summed E-state index contributed by atoms with van der Waals surface area (Å²) in [5, 5.41) is 2.91. The molecule has 0 atom stereocenters. The number of carbonyl (C=O) groups is 1. The van der Waals surface area contributed by atoms with E-state index in [-0.39, 0.29) is 11.5 Å². The van der Waals surface area contributed by atoms with Crippen LogP contribution in [0.3, 0.4) is 0 Å². The van der Waals surface area contributed by atoms with Crippen molar-refractivity contribution in [2.24, 2.45) is 0 Å². The Labute approximate surface area is 114 Å². The lowest BCUT2D eigenvalue weighted by molar-refractivity contribution is -0.121. The monoisotopic (exact) mass is 264 g/mol. The molecule has 0 spiro atoms. The van der Waals surface area contributed by atoms with E-state index in [4.69, 9.17) is 0 Å². The van der Waals surface area contributed by atoms with Gasteiger partial charge in [-0.25, -0.2) is 0 Å². The summed E-state index contributed by atoms with van der Waals surface area (Å²) >= 11 is 0. The quantitative estimate of drug-likeness (QED) is 0.732. The van der Waals surface area contributed by atoms with E-state index >= 15 is 0 Å². The molecule has 19 heavy (non-hydrogen) atoms. The largest absolute Gasteiger partial charge is 0.356 e. The Kier molecular flexibility index (Phi) is 6.93. The van der Waals surface area contributed by atoms with Crippen molar-refractivity contribution in [3.8, 4) is 0 Å². The number of pyridine rings is 1. The van der Waals surface area contributed by atoms with Crippen LogP contribution in [0.25, 0.3) is 0 Å². The number of amides is 1. The summed E-state index contributed by atoms with van der Waals surface area (Å²) in [6, 6.07) is 5.30. The zero-order chi connectivity index (χ0) is 14.1. The molecule has 1 rings (SSSR count). The topological polar surface area (TPSA) is 51.1 Å². The van der Waals surface area contributed by atoms with E-state index in [0.717, 1.165) is 37.9 Å². The van der Waals surface area contributed by atoms with Crippen LogP contribution in [0.15, 0.2) is 23.0 Å². The first kappa shape index (κ1) is 15.5. The lowest BCUT2D eigenvalue weighted by atomic mass is 10.2. The molecular formula is C15H24N2O2. The standard InChI is InChI=1S/C15H24N2O2/c1-3-4-9-14(18)16-11-5-6-12-17-13(2)8-7-10-15(17)19/h7-8,10H,3-6,9,11-12H2,1-2H3,(H,16,18). The third kappa shape index (κ3) is 5.73. The number of aryl methyl sites for hydroxylation is 1. The minimum Gasteiger partial charge on any atom is -0.356 e. The van der Waals surface area contributed by atoms with Crippen LogP contribution in [-0.4, -0.2) is 17.0 Å². The number of hydrogen-bond donors (Lipinski definition) is 1. The van der Waals surface area contributed by atoms with Crippen molar-refractivity contribution < 1.29 is 4.79 Å². The number of hydrogen-bond acceptors (Lipinski definition) is 2. The molecule has 0 aliphatic rings. The van der Waals surface area contributed by atoms with Crippen LogP contribution in [-0.2, 0) is 11.3 Å². The van der Waals surface area contributed by atoms with E-state index in [9.17, 15) is 9.59 Å². The molecule has 106 valence electrons. The molecule has 0 saturated heterocycles. The molecule has 1 heterocycles. The lowest BCUT2D eigenvalue weighted by Gasteiger charge is -2.09. The van der Waals surface area contributed by atoms with Gasteiger partial charge in [0.1, 0.15) is 0 Å². The van der Waals surface area contributed by atoms with Gasteiger partial charge in [0.2, 0.25) is 5.91 Å². The number of unbranched alkanes of at least 4 members (excludes halogenated alkanes) is 2. The van der Waals surface area contributed by atoms with Gasteiger partial charge in [-0.15, -0.1) is 0 Å². The summed E-state index contributed by atoms with van der Waals surface area (Å²) in [6.45, 7) is 5.43. The smallest absolute Gasteiger partial charge is 0.250 e. The summed E-state index contributed by atoms with van der Waals surface area (Å²) in [4.78, 5) is 23.0. The Morgan fingerprint density at radius 2 is 2.05 bits per heavy atom. The predicted molar refractivity (Wildman–Crippen MR) is 77.2 cm³/mol. The summed E-state index contributed by atoms with van der Waals surface area (Å²) in [7, 11) is 0. The number of nitrogens with one attached hydrogen (secondary N) is 1. The van der Waals surface area contributed by atoms with Crippen LogP contribution in [0.1, 0.15) is 44.7 Å². The zero-order valence-corrected chi connectivity index (χ0v) is 11.9. The molecule has 1 aromatic heterocycles. The van der Waals surface area contributed by atoms with E-state index in [2.05, 4.69) is 12.2 Å². The van der Waals surface area contributed by atoms with E-state index in [1.165, 1.54) is 0 Å². The van der Waals surface area contributed by atoms with Crippen LogP contribution in [0.2, 0.25) is 0 Å². The molecule has 0 saturated carbocycles. The Morgan fingerprint density at radius 1 is 1.26 bits per heavy atom. The molecule has 1 aromatic rings. The first-order valence-electron chi connectivity index (χ1n) is 7.08. The van der Waals surface area contributed by atoms with Gasteiger partial charge in [0.15, 0.2) is 0 Å². The van der Waals surface area contributed by atoms with Crippen molar-refractivity contribution in [2.75, 3.05) is 6.54 Å². The highest BCUT2D eigenvalue weighted by Crippen LogP contribution is 1.98. The summed E-state index contributed by atoms with van der Waals surface area (Å²) < 4.78 is 1.78. The molecule has 4 nitrogen and oxygen atoms in total. The van der Waals surface area contributed by atoms with Crippen LogP contribution >= 0.6 is 0 Å². The van der Waals surface area contributed by atoms with E-state index < -0.39 is 0 Å². The number of nitrogens with zero attached hydrogens (tertiary/aromatic N) is 1. The van der Waals surface area contributed by atoms with Crippen LogP contribution in [0.5, 0.6) is 0 Å². The van der Waals surface area contributed by atoms with E-state index in [1.807, 2.05) is 13.0 Å². The first-order chi connectivity index (χ1) is 9.15. The molecule has 0 aliphatic heterocycles. The van der Waals surface area contributed by atoms with E-state index in [1.54, 1.807) is 16.7 Å². The van der Waals surface area contributed by atoms with Crippen molar-refractivity contribution in [3.05, 3.63) is 34.2 Å². The van der Waals surface area contributed by atoms with Crippen LogP contribution in [0.4, 0.5) is 0 Å². The number of rotatable bonds is 8. The Hall–Kier alpha value is -1.58. The molecule has 0 aliphatic carbocycles. The van der Waals surface area contributed by atoms with Gasteiger partial charge in [-0.3, -0.25) is 9.59 Å². The minimum atomic E-state index is 0.0481. The molecule has 0 unspecified atom stereocenters. The Bertz CT molecular complexity index is 452. The van der Waals surface area contributed by atoms with Crippen molar-refractivity contribution >= 4 is 5.91 Å². The van der Waals surface area contributed by atoms with Gasteiger partial charge in [0.05, 0.1) is 0 Å². The molecule has 0 bridgehead atoms. The fourth-order valence-electron chi connectivity index (χ4n) is 1.96. The van der Waals surface area contributed by atoms with Crippen LogP contribution in [0, 0.1) is 6.92 Å². The molecule has 4 heteroatoms. The highest BCUT2D eigenvalue weighted by atomic mass is 16.1. The average Bonchev–Trinajstić information content (AvgIpc) is 2.39. The van der Waals surface area contributed by atoms with Crippen LogP contribution < -0.4 is 10.9 Å². The van der Waals surface area contributed by atoms with Crippen molar-refractivity contribution in [1.29, 1.82) is 0 Å². The van der Waals surface area contributed by atoms with Crippen molar-refractivity contribution in [3.63, 3.8) is 0 Å². The third-order valence-corrected chi connectivity index (χ3v) is 3.16. The predicted octanol–water partition coefficient (Wildman–Crippen LogP) is 2.24. The third-order valence-electron chi connectivity index (χ3n) is 3.16.